The van der Waals surface area contributed by atoms with Crippen LogP contribution in [0.4, 0.5) is 0 Å². The van der Waals surface area contributed by atoms with Crippen LogP contribution < -0.4 is 5.32 Å². The Kier molecular flexibility index (Phi) is 3.64. The van der Waals surface area contributed by atoms with Gasteiger partial charge in [0.2, 0.25) is 0 Å². The van der Waals surface area contributed by atoms with Crippen LogP contribution in [-0.4, -0.2) is 16.8 Å². The second-order valence-corrected chi connectivity index (χ2v) is 4.25. The van der Waals surface area contributed by atoms with Crippen molar-refractivity contribution in [2.24, 2.45) is 0 Å². The van der Waals surface area contributed by atoms with Crippen molar-refractivity contribution in [3.63, 3.8) is 0 Å². The van der Waals surface area contributed by atoms with Gasteiger partial charge in [0.25, 0.3) is 0 Å². The van der Waals surface area contributed by atoms with Gasteiger partial charge in [0.15, 0.2) is 0 Å². The Labute approximate surface area is 102 Å². The number of aryl methyl sites for hydroxylation is 2. The Balaban J connectivity index is 2.22. The number of furan rings is 1. The van der Waals surface area contributed by atoms with Crippen molar-refractivity contribution >= 4 is 0 Å². The number of hydrogen-bond acceptors (Lipinski definition) is 3. The SMILES string of the molecule is CCCn1cc(C(NC)c2coc(C)c2)cn1. The van der Waals surface area contributed by atoms with Crippen molar-refractivity contribution in [2.75, 3.05) is 7.05 Å². The Morgan fingerprint density at radius 3 is 2.88 bits per heavy atom. The van der Waals surface area contributed by atoms with Crippen LogP contribution in [0.25, 0.3) is 0 Å². The highest BCUT2D eigenvalue weighted by Crippen LogP contribution is 2.23. The minimum Gasteiger partial charge on any atom is -0.469 e. The van der Waals surface area contributed by atoms with Gasteiger partial charge in [0, 0.05) is 23.9 Å². The van der Waals surface area contributed by atoms with Crippen molar-refractivity contribution in [1.82, 2.24) is 15.1 Å². The highest BCUT2D eigenvalue weighted by Gasteiger charge is 2.15. The molecule has 0 aliphatic rings. The molecule has 2 aromatic rings. The number of aromatic nitrogens is 2. The van der Waals surface area contributed by atoms with E-state index in [2.05, 4.69) is 29.6 Å². The van der Waals surface area contributed by atoms with E-state index in [-0.39, 0.29) is 6.04 Å². The van der Waals surface area contributed by atoms with Crippen LogP contribution in [0.3, 0.4) is 0 Å². The minimum atomic E-state index is 0.151. The lowest BCUT2D eigenvalue weighted by molar-refractivity contribution is 0.527. The highest BCUT2D eigenvalue weighted by molar-refractivity contribution is 5.27. The lowest BCUT2D eigenvalue weighted by Gasteiger charge is -2.11. The van der Waals surface area contributed by atoms with Gasteiger partial charge in [-0.25, -0.2) is 0 Å². The van der Waals surface area contributed by atoms with E-state index < -0.39 is 0 Å². The quantitative estimate of drug-likeness (QED) is 0.862. The summed E-state index contributed by atoms with van der Waals surface area (Å²) in [5.41, 5.74) is 2.31. The fraction of sp³-hybridized carbons (Fsp3) is 0.462. The second kappa shape index (κ2) is 5.19. The maximum atomic E-state index is 5.36. The third kappa shape index (κ3) is 2.58. The zero-order valence-corrected chi connectivity index (χ0v) is 10.6. The first-order valence-corrected chi connectivity index (χ1v) is 5.99. The molecular weight excluding hydrogens is 214 g/mol. The van der Waals surface area contributed by atoms with Crippen LogP contribution in [0, 0.1) is 6.92 Å². The van der Waals surface area contributed by atoms with Gasteiger partial charge in [0.05, 0.1) is 18.5 Å². The van der Waals surface area contributed by atoms with E-state index >= 15 is 0 Å². The number of nitrogens with zero attached hydrogens (tertiary/aromatic N) is 2. The summed E-state index contributed by atoms with van der Waals surface area (Å²) in [6.07, 6.45) is 6.90. The number of nitrogens with one attached hydrogen (secondary N) is 1. The van der Waals surface area contributed by atoms with E-state index in [4.69, 9.17) is 4.42 Å². The molecule has 0 aliphatic heterocycles. The molecule has 1 unspecified atom stereocenters. The molecule has 2 heterocycles. The summed E-state index contributed by atoms with van der Waals surface area (Å²) in [6.45, 7) is 5.06. The molecule has 0 aliphatic carbocycles. The summed E-state index contributed by atoms with van der Waals surface area (Å²) >= 11 is 0. The topological polar surface area (TPSA) is 43.0 Å². The zero-order chi connectivity index (χ0) is 12.3. The Hall–Kier alpha value is -1.55. The summed E-state index contributed by atoms with van der Waals surface area (Å²) in [4.78, 5) is 0. The highest BCUT2D eigenvalue weighted by atomic mass is 16.3. The molecule has 1 atom stereocenters. The lowest BCUT2D eigenvalue weighted by Crippen LogP contribution is -2.16. The largest absolute Gasteiger partial charge is 0.469 e. The molecule has 92 valence electrons. The molecule has 1 N–H and O–H groups in total. The fourth-order valence-corrected chi connectivity index (χ4v) is 2.02. The average Bonchev–Trinajstić information content (AvgIpc) is 2.91. The summed E-state index contributed by atoms with van der Waals surface area (Å²) in [5.74, 6) is 0.932. The number of hydrogen-bond donors (Lipinski definition) is 1. The predicted molar refractivity (Wildman–Crippen MR) is 66.9 cm³/mol. The molecule has 4 nitrogen and oxygen atoms in total. The molecule has 0 spiro atoms. The van der Waals surface area contributed by atoms with Gasteiger partial charge in [-0.3, -0.25) is 4.68 Å². The first-order valence-electron chi connectivity index (χ1n) is 5.99. The molecule has 0 saturated carbocycles. The maximum Gasteiger partial charge on any atom is 0.101 e. The molecule has 17 heavy (non-hydrogen) atoms. The van der Waals surface area contributed by atoms with Gasteiger partial charge in [-0.05, 0) is 26.5 Å². The van der Waals surface area contributed by atoms with Crippen LogP contribution in [0.5, 0.6) is 0 Å². The van der Waals surface area contributed by atoms with Gasteiger partial charge in [-0.1, -0.05) is 6.92 Å². The summed E-state index contributed by atoms with van der Waals surface area (Å²) in [5, 5.41) is 7.64. The van der Waals surface area contributed by atoms with E-state index in [0.717, 1.165) is 24.3 Å². The van der Waals surface area contributed by atoms with E-state index in [9.17, 15) is 0 Å². The first-order chi connectivity index (χ1) is 8.24. The Morgan fingerprint density at radius 2 is 2.29 bits per heavy atom. The van der Waals surface area contributed by atoms with E-state index in [0.29, 0.717) is 0 Å². The fourth-order valence-electron chi connectivity index (χ4n) is 2.02. The van der Waals surface area contributed by atoms with Gasteiger partial charge >= 0.3 is 0 Å². The van der Waals surface area contributed by atoms with Gasteiger partial charge in [-0.15, -0.1) is 0 Å². The smallest absolute Gasteiger partial charge is 0.101 e. The van der Waals surface area contributed by atoms with Gasteiger partial charge < -0.3 is 9.73 Å². The van der Waals surface area contributed by atoms with Gasteiger partial charge in [-0.2, -0.15) is 5.10 Å². The average molecular weight is 233 g/mol. The lowest BCUT2D eigenvalue weighted by atomic mass is 10.1. The molecule has 0 aromatic carbocycles. The normalized spacial score (nSPS) is 12.9. The minimum absolute atomic E-state index is 0.151. The molecule has 0 amide bonds. The van der Waals surface area contributed by atoms with Crippen molar-refractivity contribution in [2.45, 2.75) is 32.9 Å². The zero-order valence-electron chi connectivity index (χ0n) is 10.6. The van der Waals surface area contributed by atoms with Crippen LogP contribution in [0.2, 0.25) is 0 Å². The summed E-state index contributed by atoms with van der Waals surface area (Å²) in [7, 11) is 1.95. The summed E-state index contributed by atoms with van der Waals surface area (Å²) in [6, 6.07) is 2.20. The van der Waals surface area contributed by atoms with Crippen LogP contribution in [-0.2, 0) is 6.54 Å². The first kappa shape index (κ1) is 11.9. The molecular formula is C13H19N3O. The molecule has 2 rings (SSSR count). The molecule has 0 bridgehead atoms. The molecule has 0 saturated heterocycles. The Morgan fingerprint density at radius 1 is 1.47 bits per heavy atom. The van der Waals surface area contributed by atoms with Crippen molar-refractivity contribution in [3.8, 4) is 0 Å². The van der Waals surface area contributed by atoms with E-state index in [1.54, 1.807) is 6.26 Å². The van der Waals surface area contributed by atoms with Crippen molar-refractivity contribution in [3.05, 3.63) is 41.6 Å². The maximum absolute atomic E-state index is 5.36. The third-order valence-corrected chi connectivity index (χ3v) is 2.81. The molecule has 2 aromatic heterocycles. The van der Waals surface area contributed by atoms with Crippen molar-refractivity contribution in [1.29, 1.82) is 0 Å². The predicted octanol–water partition coefficient (Wildman–Crippen LogP) is 2.50. The van der Waals surface area contributed by atoms with Crippen LogP contribution >= 0.6 is 0 Å². The Bertz CT molecular complexity index is 472. The molecule has 0 fully saturated rings. The van der Waals surface area contributed by atoms with Crippen molar-refractivity contribution < 1.29 is 4.42 Å². The second-order valence-electron chi connectivity index (χ2n) is 4.25. The molecule has 4 heteroatoms. The summed E-state index contributed by atoms with van der Waals surface area (Å²) < 4.78 is 7.33. The standard InChI is InChI=1S/C13H19N3O/c1-4-5-16-8-12(7-15-16)13(14-3)11-6-10(2)17-9-11/h6-9,13-14H,4-5H2,1-3H3. The molecule has 0 radical (unpaired) electrons. The third-order valence-electron chi connectivity index (χ3n) is 2.81. The van der Waals surface area contributed by atoms with E-state index in [1.165, 1.54) is 5.56 Å². The van der Waals surface area contributed by atoms with E-state index in [1.807, 2.05) is 24.9 Å². The van der Waals surface area contributed by atoms with Gasteiger partial charge in [0.1, 0.15) is 5.76 Å². The number of rotatable bonds is 5. The van der Waals surface area contributed by atoms with Crippen LogP contribution in [0.1, 0.15) is 36.3 Å². The monoisotopic (exact) mass is 233 g/mol. The van der Waals surface area contributed by atoms with Crippen LogP contribution in [0.15, 0.2) is 29.1 Å².